The minimum Gasteiger partial charge on any atom is -0.423 e. The summed E-state index contributed by atoms with van der Waals surface area (Å²) in [7, 11) is -1.43. The van der Waals surface area contributed by atoms with Crippen molar-refractivity contribution >= 4 is 35.2 Å². The molecule has 1 aromatic heterocycles. The summed E-state index contributed by atoms with van der Waals surface area (Å²) in [5, 5.41) is 19.4. The van der Waals surface area contributed by atoms with E-state index in [2.05, 4.69) is 4.98 Å². The van der Waals surface area contributed by atoms with Crippen LogP contribution < -0.4 is 5.46 Å². The summed E-state index contributed by atoms with van der Waals surface area (Å²) in [4.78, 5) is 5.08. The molecule has 1 aromatic carbocycles. The first-order valence-corrected chi connectivity index (χ1v) is 5.74. The van der Waals surface area contributed by atoms with Crippen molar-refractivity contribution in [2.45, 2.75) is 4.90 Å². The number of hydrogen-bond donors (Lipinski definition) is 2. The third kappa shape index (κ3) is 1.86. The van der Waals surface area contributed by atoms with Crippen LogP contribution in [0.15, 0.2) is 35.4 Å². The van der Waals surface area contributed by atoms with Gasteiger partial charge in [-0.1, -0.05) is 12.1 Å². The normalized spacial score (nSPS) is 10.6. The van der Waals surface area contributed by atoms with Gasteiger partial charge in [0.15, 0.2) is 0 Å². The highest BCUT2D eigenvalue weighted by molar-refractivity contribution is 7.99. The number of pyridine rings is 1. The molecule has 0 saturated heterocycles. The van der Waals surface area contributed by atoms with Crippen molar-refractivity contribution in [3.63, 3.8) is 0 Å². The van der Waals surface area contributed by atoms with Gasteiger partial charge in [0, 0.05) is 16.5 Å². The second-order valence-electron chi connectivity index (χ2n) is 3.13. The van der Waals surface area contributed by atoms with Gasteiger partial charge in [0.25, 0.3) is 0 Å². The number of rotatable bonds is 2. The molecule has 0 aliphatic rings. The Morgan fingerprint density at radius 1 is 1.27 bits per heavy atom. The predicted molar refractivity (Wildman–Crippen MR) is 63.3 cm³/mol. The zero-order valence-electron chi connectivity index (χ0n) is 8.21. The second kappa shape index (κ2) is 4.22. The molecule has 1 heterocycles. The standard InChI is InChI=1S/C10H10BNO2S/c1-15-10-7-3-2-6-12-9(7)5-4-8(10)11(13)14/h2-6,13-14H,1H3. The molecule has 3 nitrogen and oxygen atoms in total. The third-order valence-corrected chi connectivity index (χ3v) is 3.11. The Kier molecular flexibility index (Phi) is 2.95. The van der Waals surface area contributed by atoms with E-state index in [1.54, 1.807) is 18.3 Å². The zero-order valence-corrected chi connectivity index (χ0v) is 9.03. The van der Waals surface area contributed by atoms with Crippen molar-refractivity contribution in [1.82, 2.24) is 4.98 Å². The molecule has 2 rings (SSSR count). The number of thioether (sulfide) groups is 1. The molecule has 0 bridgehead atoms. The molecule has 0 spiro atoms. The maximum absolute atomic E-state index is 9.22. The van der Waals surface area contributed by atoms with E-state index in [9.17, 15) is 10.0 Å². The van der Waals surface area contributed by atoms with Gasteiger partial charge in [-0.05, 0) is 23.9 Å². The fraction of sp³-hybridized carbons (Fsp3) is 0.100. The number of aromatic nitrogens is 1. The summed E-state index contributed by atoms with van der Waals surface area (Å²) < 4.78 is 0. The summed E-state index contributed by atoms with van der Waals surface area (Å²) in [6, 6.07) is 7.27. The molecule has 76 valence electrons. The lowest BCUT2D eigenvalue weighted by molar-refractivity contribution is 0.425. The Labute approximate surface area is 92.3 Å². The van der Waals surface area contributed by atoms with Gasteiger partial charge in [0.1, 0.15) is 0 Å². The van der Waals surface area contributed by atoms with Gasteiger partial charge in [-0.2, -0.15) is 0 Å². The van der Waals surface area contributed by atoms with E-state index < -0.39 is 7.12 Å². The summed E-state index contributed by atoms with van der Waals surface area (Å²) in [5.74, 6) is 0. The van der Waals surface area contributed by atoms with Crippen LogP contribution in [0.4, 0.5) is 0 Å². The van der Waals surface area contributed by atoms with E-state index in [0.29, 0.717) is 5.46 Å². The molecule has 15 heavy (non-hydrogen) atoms. The molecule has 0 aliphatic heterocycles. The minimum absolute atomic E-state index is 0.531. The smallest absolute Gasteiger partial charge is 0.423 e. The first-order chi connectivity index (χ1) is 7.24. The molecule has 0 aliphatic carbocycles. The fourth-order valence-corrected chi connectivity index (χ4v) is 2.38. The van der Waals surface area contributed by atoms with Gasteiger partial charge < -0.3 is 10.0 Å². The lowest BCUT2D eigenvalue weighted by atomic mass is 9.79. The highest BCUT2D eigenvalue weighted by Crippen LogP contribution is 2.23. The van der Waals surface area contributed by atoms with Crippen molar-refractivity contribution in [2.75, 3.05) is 6.26 Å². The predicted octanol–water partition coefficient (Wildman–Crippen LogP) is 0.636. The van der Waals surface area contributed by atoms with Crippen LogP contribution in [-0.4, -0.2) is 28.4 Å². The van der Waals surface area contributed by atoms with Gasteiger partial charge in [0.05, 0.1) is 5.52 Å². The number of hydrogen-bond acceptors (Lipinski definition) is 4. The van der Waals surface area contributed by atoms with Crippen molar-refractivity contribution in [3.05, 3.63) is 30.5 Å². The van der Waals surface area contributed by atoms with Crippen LogP contribution in [0.1, 0.15) is 0 Å². The lowest BCUT2D eigenvalue weighted by Crippen LogP contribution is -2.31. The number of nitrogens with zero attached hydrogens (tertiary/aromatic N) is 1. The average molecular weight is 219 g/mol. The second-order valence-corrected chi connectivity index (χ2v) is 3.95. The number of fused-ring (bicyclic) bond motifs is 1. The van der Waals surface area contributed by atoms with E-state index in [4.69, 9.17) is 0 Å². The average Bonchev–Trinajstić information content (AvgIpc) is 2.27. The van der Waals surface area contributed by atoms with Crippen LogP contribution in [0, 0.1) is 0 Å². The Morgan fingerprint density at radius 2 is 2.07 bits per heavy atom. The van der Waals surface area contributed by atoms with Crippen molar-refractivity contribution in [2.24, 2.45) is 0 Å². The summed E-state index contributed by atoms with van der Waals surface area (Å²) in [5.41, 5.74) is 1.40. The Hall–Kier alpha value is -1.04. The summed E-state index contributed by atoms with van der Waals surface area (Å²) in [6.45, 7) is 0. The maximum atomic E-state index is 9.22. The van der Waals surface area contributed by atoms with Crippen molar-refractivity contribution in [3.8, 4) is 0 Å². The highest BCUT2D eigenvalue weighted by Gasteiger charge is 2.17. The Bertz CT molecular complexity index is 490. The first kappa shape index (κ1) is 10.5. The van der Waals surface area contributed by atoms with Crippen LogP contribution in [0.2, 0.25) is 0 Å². The molecule has 0 atom stereocenters. The lowest BCUT2D eigenvalue weighted by Gasteiger charge is -2.09. The molecular formula is C10H10BNO2S. The summed E-state index contributed by atoms with van der Waals surface area (Å²) >= 11 is 1.49. The topological polar surface area (TPSA) is 53.4 Å². The highest BCUT2D eigenvalue weighted by atomic mass is 32.2. The molecule has 0 amide bonds. The van der Waals surface area contributed by atoms with Gasteiger partial charge in [-0.3, -0.25) is 4.98 Å². The zero-order chi connectivity index (χ0) is 10.8. The van der Waals surface area contributed by atoms with Crippen molar-refractivity contribution < 1.29 is 10.0 Å². The minimum atomic E-state index is -1.43. The fourth-order valence-electron chi connectivity index (χ4n) is 1.57. The molecule has 5 heteroatoms. The molecule has 0 unspecified atom stereocenters. The van der Waals surface area contributed by atoms with E-state index in [1.807, 2.05) is 18.4 Å². The van der Waals surface area contributed by atoms with E-state index in [1.165, 1.54) is 11.8 Å². The van der Waals surface area contributed by atoms with Crippen LogP contribution in [-0.2, 0) is 0 Å². The van der Waals surface area contributed by atoms with Crippen LogP contribution in [0.3, 0.4) is 0 Å². The van der Waals surface area contributed by atoms with Gasteiger partial charge in [-0.15, -0.1) is 11.8 Å². The molecular weight excluding hydrogens is 209 g/mol. The quantitative estimate of drug-likeness (QED) is 0.574. The molecule has 0 radical (unpaired) electrons. The maximum Gasteiger partial charge on any atom is 0.489 e. The third-order valence-electron chi connectivity index (χ3n) is 2.25. The molecule has 0 fully saturated rings. The van der Waals surface area contributed by atoms with Gasteiger partial charge >= 0.3 is 7.12 Å². The summed E-state index contributed by atoms with van der Waals surface area (Å²) in [6.07, 6.45) is 3.63. The van der Waals surface area contributed by atoms with E-state index in [-0.39, 0.29) is 0 Å². The SMILES string of the molecule is CSc1c(B(O)O)ccc2ncccc12. The van der Waals surface area contributed by atoms with Crippen molar-refractivity contribution in [1.29, 1.82) is 0 Å². The largest absolute Gasteiger partial charge is 0.489 e. The molecule has 2 N–H and O–H groups in total. The molecule has 0 saturated carbocycles. The molecule has 2 aromatic rings. The van der Waals surface area contributed by atoms with E-state index >= 15 is 0 Å². The van der Waals surface area contributed by atoms with Gasteiger partial charge in [-0.25, -0.2) is 0 Å². The van der Waals surface area contributed by atoms with E-state index in [0.717, 1.165) is 15.8 Å². The number of benzene rings is 1. The van der Waals surface area contributed by atoms with Gasteiger partial charge in [0.2, 0.25) is 0 Å². The Morgan fingerprint density at radius 3 is 2.73 bits per heavy atom. The van der Waals surface area contributed by atoms with Crippen LogP contribution in [0.25, 0.3) is 10.9 Å². The Balaban J connectivity index is 2.75. The monoisotopic (exact) mass is 219 g/mol. The first-order valence-electron chi connectivity index (χ1n) is 4.52. The van der Waals surface area contributed by atoms with Crippen LogP contribution >= 0.6 is 11.8 Å². The van der Waals surface area contributed by atoms with Crippen LogP contribution in [0.5, 0.6) is 0 Å².